The van der Waals surface area contributed by atoms with Gasteiger partial charge in [-0.15, -0.1) is 0 Å². The summed E-state index contributed by atoms with van der Waals surface area (Å²) in [6.45, 7) is 3.74. The molecule has 1 aliphatic carbocycles. The minimum atomic E-state index is -4.59. The molecule has 5 rings (SSSR count). The first-order valence-electron chi connectivity index (χ1n) is 11.4. The van der Waals surface area contributed by atoms with Crippen molar-refractivity contribution in [2.45, 2.75) is 51.4 Å². The van der Waals surface area contributed by atoms with E-state index in [2.05, 4.69) is 0 Å². The van der Waals surface area contributed by atoms with Gasteiger partial charge >= 0.3 is 6.18 Å². The predicted octanol–water partition coefficient (Wildman–Crippen LogP) is 3.83. The molecule has 1 saturated carbocycles. The second-order valence-corrected chi connectivity index (χ2v) is 9.72. The number of nitriles is 1. The maximum atomic E-state index is 13.6. The van der Waals surface area contributed by atoms with Crippen molar-refractivity contribution in [1.82, 2.24) is 9.47 Å². The van der Waals surface area contributed by atoms with Crippen molar-refractivity contribution in [3.05, 3.63) is 62.1 Å². The summed E-state index contributed by atoms with van der Waals surface area (Å²) >= 11 is 0. The molecule has 1 amide bonds. The Balaban J connectivity index is 1.27. The van der Waals surface area contributed by atoms with Gasteiger partial charge in [0.1, 0.15) is 6.07 Å². The number of aryl methyl sites for hydroxylation is 1. The van der Waals surface area contributed by atoms with Gasteiger partial charge in [0.15, 0.2) is 0 Å². The quantitative estimate of drug-likeness (QED) is 0.681. The molecule has 0 atom stereocenters. The van der Waals surface area contributed by atoms with Gasteiger partial charge < -0.3 is 14.4 Å². The Bertz CT molecular complexity index is 1280. The summed E-state index contributed by atoms with van der Waals surface area (Å²) in [4.78, 5) is 28.6. The van der Waals surface area contributed by atoms with Gasteiger partial charge in [-0.25, -0.2) is 0 Å². The zero-order valence-corrected chi connectivity index (χ0v) is 19.1. The van der Waals surface area contributed by atoms with Gasteiger partial charge in [0, 0.05) is 56.5 Å². The number of fused-ring (bicyclic) bond motifs is 1. The molecule has 1 saturated heterocycles. The summed E-state index contributed by atoms with van der Waals surface area (Å²) in [5.74, 6) is 0.0585. The van der Waals surface area contributed by atoms with Crippen LogP contribution >= 0.6 is 0 Å². The van der Waals surface area contributed by atoms with E-state index in [0.29, 0.717) is 43.9 Å². The SMILES string of the molecule is Cc1cc(=O)n(C)c2c1CN(C(=O)CC1CN(c3cc(C4CC4)c(C#N)c(C(F)(F)F)c3)C1)C2. The van der Waals surface area contributed by atoms with E-state index in [1.54, 1.807) is 34.7 Å². The van der Waals surface area contributed by atoms with Crippen molar-refractivity contribution >= 4 is 11.6 Å². The van der Waals surface area contributed by atoms with Crippen LogP contribution in [0.5, 0.6) is 0 Å². The molecule has 1 aromatic carbocycles. The summed E-state index contributed by atoms with van der Waals surface area (Å²) in [5, 5.41) is 9.37. The van der Waals surface area contributed by atoms with Crippen molar-refractivity contribution in [3.63, 3.8) is 0 Å². The van der Waals surface area contributed by atoms with Crippen LogP contribution in [0, 0.1) is 24.2 Å². The third-order valence-electron chi connectivity index (χ3n) is 7.32. The van der Waals surface area contributed by atoms with Crippen LogP contribution in [-0.2, 0) is 31.1 Å². The fourth-order valence-corrected chi connectivity index (χ4v) is 5.14. The van der Waals surface area contributed by atoms with Crippen LogP contribution in [0.1, 0.15) is 58.7 Å². The maximum absolute atomic E-state index is 13.6. The van der Waals surface area contributed by atoms with E-state index in [1.165, 1.54) is 0 Å². The second kappa shape index (κ2) is 7.90. The molecule has 2 fully saturated rings. The van der Waals surface area contributed by atoms with Crippen molar-refractivity contribution in [3.8, 4) is 6.07 Å². The molecule has 1 aromatic heterocycles. The highest BCUT2D eigenvalue weighted by Gasteiger charge is 2.40. The highest BCUT2D eigenvalue weighted by molar-refractivity contribution is 5.78. The molecular weight excluding hydrogens is 445 g/mol. The van der Waals surface area contributed by atoms with Crippen molar-refractivity contribution in [2.75, 3.05) is 18.0 Å². The zero-order chi connectivity index (χ0) is 24.4. The van der Waals surface area contributed by atoms with E-state index in [4.69, 9.17) is 0 Å². The fraction of sp³-hybridized carbons (Fsp3) is 0.480. The number of amides is 1. The molecule has 178 valence electrons. The van der Waals surface area contributed by atoms with Crippen LogP contribution in [0.4, 0.5) is 18.9 Å². The summed E-state index contributed by atoms with van der Waals surface area (Å²) in [6.07, 6.45) is -2.67. The highest BCUT2D eigenvalue weighted by Crippen LogP contribution is 2.47. The largest absolute Gasteiger partial charge is 0.417 e. The zero-order valence-electron chi connectivity index (χ0n) is 19.1. The molecule has 0 spiro atoms. The number of benzene rings is 1. The minimum Gasteiger partial charge on any atom is -0.371 e. The summed E-state index contributed by atoms with van der Waals surface area (Å²) in [6, 6.07) is 6.15. The number of hydrogen-bond donors (Lipinski definition) is 0. The molecule has 3 aliphatic rings. The third-order valence-corrected chi connectivity index (χ3v) is 7.32. The predicted molar refractivity (Wildman–Crippen MR) is 119 cm³/mol. The van der Waals surface area contributed by atoms with Crippen LogP contribution in [0.3, 0.4) is 0 Å². The molecule has 0 radical (unpaired) electrons. The number of anilines is 1. The number of aromatic nitrogens is 1. The number of hydrogen-bond acceptors (Lipinski definition) is 4. The first-order valence-corrected chi connectivity index (χ1v) is 11.4. The van der Waals surface area contributed by atoms with Crippen LogP contribution < -0.4 is 10.5 Å². The lowest BCUT2D eigenvalue weighted by atomic mass is 9.92. The monoisotopic (exact) mass is 470 g/mol. The molecule has 2 aliphatic heterocycles. The van der Waals surface area contributed by atoms with E-state index < -0.39 is 11.7 Å². The van der Waals surface area contributed by atoms with Crippen molar-refractivity contribution < 1.29 is 18.0 Å². The number of carbonyl (C=O) groups excluding carboxylic acids is 1. The van der Waals surface area contributed by atoms with Gasteiger partial charge in [-0.3, -0.25) is 9.59 Å². The Hall–Kier alpha value is -3.28. The number of carbonyl (C=O) groups is 1. The average molecular weight is 470 g/mol. The molecule has 0 bridgehead atoms. The second-order valence-electron chi connectivity index (χ2n) is 9.72. The molecule has 0 unspecified atom stereocenters. The normalized spacial score (nSPS) is 18.0. The molecule has 34 heavy (non-hydrogen) atoms. The number of pyridine rings is 1. The van der Waals surface area contributed by atoms with Gasteiger partial charge in [0.25, 0.3) is 5.56 Å². The number of rotatable bonds is 4. The minimum absolute atomic E-state index is 0.0119. The van der Waals surface area contributed by atoms with Gasteiger partial charge in [-0.1, -0.05) is 0 Å². The Morgan fingerprint density at radius 1 is 1.18 bits per heavy atom. The maximum Gasteiger partial charge on any atom is 0.417 e. The number of halogens is 3. The first kappa shape index (κ1) is 22.5. The summed E-state index contributed by atoms with van der Waals surface area (Å²) < 4.78 is 42.5. The van der Waals surface area contributed by atoms with E-state index in [1.807, 2.05) is 11.8 Å². The molecular formula is C25H25F3N4O2. The average Bonchev–Trinajstić information content (AvgIpc) is 3.49. The van der Waals surface area contributed by atoms with Gasteiger partial charge in [-0.05, 0) is 54.5 Å². The summed E-state index contributed by atoms with van der Waals surface area (Å²) in [7, 11) is 1.71. The van der Waals surface area contributed by atoms with Crippen LogP contribution in [0.25, 0.3) is 0 Å². The molecule has 6 nitrogen and oxygen atoms in total. The van der Waals surface area contributed by atoms with Crippen molar-refractivity contribution in [2.24, 2.45) is 13.0 Å². The number of nitrogens with zero attached hydrogens (tertiary/aromatic N) is 4. The van der Waals surface area contributed by atoms with Crippen LogP contribution in [-0.4, -0.2) is 28.5 Å². The molecule has 3 heterocycles. The molecule has 9 heteroatoms. The van der Waals surface area contributed by atoms with E-state index in [0.717, 1.165) is 35.7 Å². The van der Waals surface area contributed by atoms with Crippen LogP contribution in [0.2, 0.25) is 0 Å². The topological polar surface area (TPSA) is 69.3 Å². The van der Waals surface area contributed by atoms with E-state index >= 15 is 0 Å². The Kier molecular flexibility index (Phi) is 5.23. The fourth-order valence-electron chi connectivity index (χ4n) is 5.14. The Morgan fingerprint density at radius 3 is 2.50 bits per heavy atom. The van der Waals surface area contributed by atoms with E-state index in [-0.39, 0.29) is 28.9 Å². The molecule has 0 N–H and O–H groups in total. The lowest BCUT2D eigenvalue weighted by Crippen LogP contribution is -2.48. The van der Waals surface area contributed by atoms with Gasteiger partial charge in [-0.2, -0.15) is 18.4 Å². The molecule has 2 aromatic rings. The van der Waals surface area contributed by atoms with E-state index in [9.17, 15) is 28.0 Å². The third kappa shape index (κ3) is 3.85. The Morgan fingerprint density at radius 2 is 1.88 bits per heavy atom. The summed E-state index contributed by atoms with van der Waals surface area (Å²) in [5.41, 5.74) is 2.49. The highest BCUT2D eigenvalue weighted by atomic mass is 19.4. The lowest BCUT2D eigenvalue weighted by molar-refractivity contribution is -0.137. The smallest absolute Gasteiger partial charge is 0.371 e. The Labute approximate surface area is 195 Å². The standard InChI is InChI=1S/C25H25F3N4O2/c1-14-5-23(33)30(2)22-13-32(12-20(14)22)24(34)6-15-10-31(11-15)17-7-18(16-3-4-16)19(9-29)21(8-17)25(26,27)28/h5,7-8,15-16H,3-4,6,10-13H2,1-2H3. The van der Waals surface area contributed by atoms with Crippen LogP contribution in [0.15, 0.2) is 23.0 Å². The first-order chi connectivity index (χ1) is 16.1. The van der Waals surface area contributed by atoms with Gasteiger partial charge in [0.2, 0.25) is 5.91 Å². The van der Waals surface area contributed by atoms with Gasteiger partial charge in [0.05, 0.1) is 17.7 Å². The lowest BCUT2D eigenvalue weighted by Gasteiger charge is -2.41. The van der Waals surface area contributed by atoms with Crippen molar-refractivity contribution in [1.29, 1.82) is 5.26 Å². The number of alkyl halides is 3.